The van der Waals surface area contributed by atoms with Crippen molar-refractivity contribution in [3.63, 3.8) is 0 Å². The van der Waals surface area contributed by atoms with Gasteiger partial charge in [-0.1, -0.05) is 0 Å². The number of anilines is 1. The number of nitrogens with zero attached hydrogens (tertiary/aromatic N) is 2. The molecule has 5 nitrogen and oxygen atoms in total. The van der Waals surface area contributed by atoms with Crippen LogP contribution in [0.15, 0.2) is 6.07 Å². The fourth-order valence-electron chi connectivity index (χ4n) is 1.22. The maximum atomic E-state index is 10.8. The average Bonchev–Trinajstić information content (AvgIpc) is 2.47. The molecule has 0 saturated heterocycles. The first-order chi connectivity index (χ1) is 6.59. The lowest BCUT2D eigenvalue weighted by Crippen LogP contribution is -1.98. The monoisotopic (exact) mass is 209 g/mol. The molecule has 0 amide bonds. The fourth-order valence-corrected chi connectivity index (χ4v) is 1.96. The summed E-state index contributed by atoms with van der Waals surface area (Å²) in [6, 6.07) is 1.70. The predicted molar refractivity (Wildman–Crippen MR) is 53.5 cm³/mol. The summed E-state index contributed by atoms with van der Waals surface area (Å²) in [5.41, 5.74) is 7.27. The largest absolute Gasteiger partial charge is 0.476 e. The summed E-state index contributed by atoms with van der Waals surface area (Å²) in [5.74, 6) is -1.08. The van der Waals surface area contributed by atoms with Gasteiger partial charge in [0.2, 0.25) is 0 Å². The van der Waals surface area contributed by atoms with Crippen LogP contribution in [-0.2, 0) is 0 Å². The Kier molecular flexibility index (Phi) is 1.85. The van der Waals surface area contributed by atoms with E-state index < -0.39 is 5.97 Å². The highest BCUT2D eigenvalue weighted by Crippen LogP contribution is 2.26. The third-order valence-corrected chi connectivity index (χ3v) is 2.67. The normalized spacial score (nSPS) is 10.6. The lowest BCUT2D eigenvalue weighted by atomic mass is 10.2. The molecule has 0 bridgehead atoms. The number of pyridine rings is 1. The molecule has 2 aromatic heterocycles. The molecule has 0 aliphatic rings. The Bertz CT molecular complexity index is 521. The number of hydrogen-bond donors (Lipinski definition) is 2. The van der Waals surface area contributed by atoms with Crippen LogP contribution in [0.3, 0.4) is 0 Å². The highest BCUT2D eigenvalue weighted by Gasteiger charge is 2.16. The molecule has 0 aliphatic heterocycles. The number of nitrogen functional groups attached to an aromatic ring is 1. The average molecular weight is 209 g/mol. The Labute approximate surface area is 83.4 Å². The predicted octanol–water partition coefficient (Wildman–Crippen LogP) is 1.28. The molecule has 0 aliphatic carbocycles. The van der Waals surface area contributed by atoms with E-state index in [9.17, 15) is 4.79 Å². The van der Waals surface area contributed by atoms with Gasteiger partial charge in [0.15, 0.2) is 5.69 Å². The number of hydrogen-bond acceptors (Lipinski definition) is 5. The van der Waals surface area contributed by atoms with Crippen molar-refractivity contribution in [3.05, 3.63) is 17.5 Å². The molecule has 14 heavy (non-hydrogen) atoms. The molecule has 0 saturated carbocycles. The first-order valence-corrected chi connectivity index (χ1v) is 4.62. The molecule has 0 atom stereocenters. The second-order valence-electron chi connectivity index (χ2n) is 2.87. The van der Waals surface area contributed by atoms with E-state index in [4.69, 9.17) is 10.8 Å². The summed E-state index contributed by atoms with van der Waals surface area (Å²) in [7, 11) is 0. The molecule has 6 heteroatoms. The molecule has 0 aromatic carbocycles. The molecular formula is C8H7N3O2S. The van der Waals surface area contributed by atoms with Crippen LogP contribution in [0.1, 0.15) is 16.2 Å². The van der Waals surface area contributed by atoms with Gasteiger partial charge in [0.05, 0.1) is 10.4 Å². The van der Waals surface area contributed by atoms with Crippen molar-refractivity contribution < 1.29 is 9.90 Å². The molecule has 0 unspecified atom stereocenters. The van der Waals surface area contributed by atoms with Gasteiger partial charge in [-0.3, -0.25) is 0 Å². The Morgan fingerprint density at radius 1 is 1.64 bits per heavy atom. The van der Waals surface area contributed by atoms with Crippen molar-refractivity contribution in [1.29, 1.82) is 0 Å². The molecular weight excluding hydrogens is 202 g/mol. The minimum absolute atomic E-state index is 0.0274. The van der Waals surface area contributed by atoms with Crippen LogP contribution in [0.2, 0.25) is 0 Å². The summed E-state index contributed by atoms with van der Waals surface area (Å²) in [6.07, 6.45) is 0. The minimum Gasteiger partial charge on any atom is -0.476 e. The lowest BCUT2D eigenvalue weighted by molar-refractivity contribution is 0.0694. The van der Waals surface area contributed by atoms with Crippen LogP contribution in [0.4, 0.5) is 5.69 Å². The highest BCUT2D eigenvalue weighted by atomic mass is 32.1. The first kappa shape index (κ1) is 8.89. The number of fused-ring (bicyclic) bond motifs is 1. The number of carboxylic acids is 1. The van der Waals surface area contributed by atoms with Crippen molar-refractivity contribution in [3.8, 4) is 0 Å². The first-order valence-electron chi connectivity index (χ1n) is 3.85. The van der Waals surface area contributed by atoms with E-state index in [0.29, 0.717) is 21.6 Å². The fraction of sp³-hybridized carbons (Fsp3) is 0.125. The van der Waals surface area contributed by atoms with Crippen LogP contribution in [0.5, 0.6) is 0 Å². The number of rotatable bonds is 1. The zero-order chi connectivity index (χ0) is 10.3. The van der Waals surface area contributed by atoms with E-state index in [1.165, 1.54) is 0 Å². The number of aromatic nitrogens is 2. The summed E-state index contributed by atoms with van der Waals surface area (Å²) in [4.78, 5) is 14.9. The van der Waals surface area contributed by atoms with Gasteiger partial charge in [-0.15, -0.1) is 0 Å². The van der Waals surface area contributed by atoms with Crippen molar-refractivity contribution in [2.75, 3.05) is 5.73 Å². The topological polar surface area (TPSA) is 89.1 Å². The van der Waals surface area contributed by atoms with E-state index in [1.54, 1.807) is 13.0 Å². The Morgan fingerprint density at radius 2 is 2.36 bits per heavy atom. The second-order valence-corrected chi connectivity index (χ2v) is 3.64. The number of carbonyl (C=O) groups is 1. The van der Waals surface area contributed by atoms with Crippen LogP contribution in [0.25, 0.3) is 10.2 Å². The van der Waals surface area contributed by atoms with Gasteiger partial charge >= 0.3 is 5.97 Å². The zero-order valence-electron chi connectivity index (χ0n) is 7.31. The van der Waals surface area contributed by atoms with Gasteiger partial charge in [0, 0.05) is 5.69 Å². The molecule has 3 N–H and O–H groups in total. The SMILES string of the molecule is Cc1cc(N)c2snc(C(=O)O)c2n1. The van der Waals surface area contributed by atoms with E-state index in [2.05, 4.69) is 9.36 Å². The van der Waals surface area contributed by atoms with Gasteiger partial charge in [0.25, 0.3) is 0 Å². The van der Waals surface area contributed by atoms with Crippen molar-refractivity contribution in [2.45, 2.75) is 6.92 Å². The third kappa shape index (κ3) is 1.20. The smallest absolute Gasteiger partial charge is 0.357 e. The number of carboxylic acid groups (broad SMARTS) is 1. The molecule has 2 aromatic rings. The number of aryl methyl sites for hydroxylation is 1. The van der Waals surface area contributed by atoms with E-state index in [1.807, 2.05) is 0 Å². The number of nitrogens with two attached hydrogens (primary N) is 1. The Morgan fingerprint density at radius 3 is 3.00 bits per heavy atom. The van der Waals surface area contributed by atoms with Crippen LogP contribution in [0, 0.1) is 6.92 Å². The van der Waals surface area contributed by atoms with Crippen LogP contribution in [-0.4, -0.2) is 20.4 Å². The van der Waals surface area contributed by atoms with E-state index >= 15 is 0 Å². The quantitative estimate of drug-likeness (QED) is 0.738. The van der Waals surface area contributed by atoms with E-state index in [0.717, 1.165) is 11.5 Å². The molecule has 0 radical (unpaired) electrons. The van der Waals surface area contributed by atoms with Crippen molar-refractivity contribution in [2.24, 2.45) is 0 Å². The van der Waals surface area contributed by atoms with Gasteiger partial charge < -0.3 is 10.8 Å². The Balaban J connectivity index is 2.85. The molecule has 0 spiro atoms. The van der Waals surface area contributed by atoms with Crippen LogP contribution < -0.4 is 5.73 Å². The summed E-state index contributed by atoms with van der Waals surface area (Å²) < 4.78 is 4.43. The highest BCUT2D eigenvalue weighted by molar-refractivity contribution is 7.14. The summed E-state index contributed by atoms with van der Waals surface area (Å²) in [5, 5.41) is 8.82. The Hall–Kier alpha value is -1.69. The van der Waals surface area contributed by atoms with Gasteiger partial charge in [-0.05, 0) is 24.5 Å². The zero-order valence-corrected chi connectivity index (χ0v) is 8.13. The summed E-state index contributed by atoms with van der Waals surface area (Å²) in [6.45, 7) is 1.76. The third-order valence-electron chi connectivity index (χ3n) is 1.78. The van der Waals surface area contributed by atoms with Gasteiger partial charge in [-0.2, -0.15) is 4.37 Å². The van der Waals surface area contributed by atoms with Gasteiger partial charge in [0.1, 0.15) is 5.52 Å². The maximum absolute atomic E-state index is 10.8. The van der Waals surface area contributed by atoms with Crippen molar-refractivity contribution >= 4 is 33.4 Å². The summed E-state index contributed by atoms with van der Waals surface area (Å²) >= 11 is 1.06. The standard InChI is InChI=1S/C8H7N3O2S/c1-3-2-4(9)7-5(10-3)6(8(12)13)11-14-7/h2H,1H3,(H2,9,10)(H,12,13). The molecule has 2 rings (SSSR count). The van der Waals surface area contributed by atoms with Crippen LogP contribution >= 0.6 is 11.5 Å². The maximum Gasteiger partial charge on any atom is 0.357 e. The lowest BCUT2D eigenvalue weighted by Gasteiger charge is -1.97. The second kappa shape index (κ2) is 2.91. The van der Waals surface area contributed by atoms with Gasteiger partial charge in [-0.25, -0.2) is 9.78 Å². The van der Waals surface area contributed by atoms with E-state index in [-0.39, 0.29) is 5.69 Å². The molecule has 72 valence electrons. The van der Waals surface area contributed by atoms with Crippen molar-refractivity contribution in [1.82, 2.24) is 9.36 Å². The molecule has 2 heterocycles. The minimum atomic E-state index is -1.08. The number of aromatic carboxylic acids is 1. The molecule has 0 fully saturated rings.